The Morgan fingerprint density at radius 1 is 1.00 bits per heavy atom. The summed E-state index contributed by atoms with van der Waals surface area (Å²) >= 11 is 0. The van der Waals surface area contributed by atoms with Crippen molar-refractivity contribution in [3.05, 3.63) is 84.5 Å². The minimum Gasteiger partial charge on any atom is -0.309 e. The molecule has 0 radical (unpaired) electrons. The molecule has 1 heterocycles. The van der Waals surface area contributed by atoms with E-state index in [4.69, 9.17) is 0 Å². The number of rotatable bonds is 4. The Morgan fingerprint density at radius 2 is 1.79 bits per heavy atom. The highest BCUT2D eigenvalue weighted by atomic mass is 15.0. The summed E-state index contributed by atoms with van der Waals surface area (Å²) in [6.45, 7) is 10.2. The predicted molar refractivity (Wildman–Crippen MR) is 108 cm³/mol. The lowest BCUT2D eigenvalue weighted by Gasteiger charge is -2.09. The molecule has 0 atom stereocenters. The molecule has 1 nitrogen and oxygen atoms in total. The van der Waals surface area contributed by atoms with E-state index < -0.39 is 0 Å². The second-order valence-electron chi connectivity index (χ2n) is 5.87. The summed E-state index contributed by atoms with van der Waals surface area (Å²) in [7, 11) is 0. The summed E-state index contributed by atoms with van der Waals surface area (Å²) in [6, 6.07) is 13.0. The quantitative estimate of drug-likeness (QED) is 0.470. The molecular formula is C23H23N. The first kappa shape index (κ1) is 16.1. The van der Waals surface area contributed by atoms with Gasteiger partial charge in [0.2, 0.25) is 0 Å². The molecule has 0 spiro atoms. The van der Waals surface area contributed by atoms with Crippen molar-refractivity contribution in [2.75, 3.05) is 0 Å². The molecule has 0 fully saturated rings. The number of hydrogen-bond donors (Lipinski definition) is 0. The van der Waals surface area contributed by atoms with Crippen molar-refractivity contribution >= 4 is 33.6 Å². The lowest BCUT2D eigenvalue weighted by atomic mass is 10.0. The van der Waals surface area contributed by atoms with E-state index in [-0.39, 0.29) is 0 Å². The van der Waals surface area contributed by atoms with Gasteiger partial charge in [0, 0.05) is 16.5 Å². The van der Waals surface area contributed by atoms with Gasteiger partial charge in [0.15, 0.2) is 0 Å². The summed E-state index contributed by atoms with van der Waals surface area (Å²) in [5.41, 5.74) is 6.15. The maximum Gasteiger partial charge on any atom is 0.0547 e. The van der Waals surface area contributed by atoms with E-state index in [1.807, 2.05) is 13.0 Å². The Kier molecular flexibility index (Phi) is 4.52. The van der Waals surface area contributed by atoms with Crippen LogP contribution in [0.25, 0.3) is 33.6 Å². The number of benzene rings is 2. The summed E-state index contributed by atoms with van der Waals surface area (Å²) in [5, 5.41) is 2.59. The van der Waals surface area contributed by atoms with Crippen LogP contribution in [0, 0.1) is 6.92 Å². The highest BCUT2D eigenvalue weighted by Crippen LogP contribution is 2.36. The molecular weight excluding hydrogens is 290 g/mol. The second-order valence-corrected chi connectivity index (χ2v) is 5.87. The summed E-state index contributed by atoms with van der Waals surface area (Å²) in [4.78, 5) is 0. The van der Waals surface area contributed by atoms with Gasteiger partial charge < -0.3 is 4.57 Å². The van der Waals surface area contributed by atoms with Crippen LogP contribution in [-0.2, 0) is 0 Å². The molecule has 3 aromatic rings. The van der Waals surface area contributed by atoms with Gasteiger partial charge in [0.05, 0.1) is 11.0 Å². The first-order valence-corrected chi connectivity index (χ1v) is 8.34. The van der Waals surface area contributed by atoms with Crippen molar-refractivity contribution in [2.24, 2.45) is 0 Å². The Bertz CT molecular complexity index is 994. The molecule has 0 saturated carbocycles. The third kappa shape index (κ3) is 2.52. The van der Waals surface area contributed by atoms with Gasteiger partial charge >= 0.3 is 0 Å². The fourth-order valence-corrected chi connectivity index (χ4v) is 3.35. The molecule has 1 heteroatoms. The van der Waals surface area contributed by atoms with Crippen molar-refractivity contribution in [1.82, 2.24) is 4.57 Å². The standard InChI is InChI=1S/C23H23N/c1-5-10-18(11-6-2)24-21-14-9-8-13-20(21)23-19(12-7-3)17(4)15-16-22(23)24/h5-16H,1H2,2-4H3/b11-6-,12-7-,18-10+. The zero-order valence-corrected chi connectivity index (χ0v) is 14.6. The maximum atomic E-state index is 3.88. The Labute approximate surface area is 143 Å². The zero-order valence-electron chi connectivity index (χ0n) is 14.6. The van der Waals surface area contributed by atoms with Crippen LogP contribution in [0.1, 0.15) is 25.0 Å². The maximum absolute atomic E-state index is 3.88. The molecule has 24 heavy (non-hydrogen) atoms. The minimum absolute atomic E-state index is 1.12. The van der Waals surface area contributed by atoms with Crippen LogP contribution in [0.15, 0.2) is 73.4 Å². The molecule has 0 saturated heterocycles. The zero-order chi connectivity index (χ0) is 17.1. The van der Waals surface area contributed by atoms with Gasteiger partial charge in [-0.3, -0.25) is 0 Å². The summed E-state index contributed by atoms with van der Waals surface area (Å²) in [6.07, 6.45) is 12.4. The van der Waals surface area contributed by atoms with Gasteiger partial charge in [0.1, 0.15) is 0 Å². The number of aryl methyl sites for hydroxylation is 1. The summed E-state index contributed by atoms with van der Waals surface area (Å²) in [5.74, 6) is 0. The predicted octanol–water partition coefficient (Wildman–Crippen LogP) is 6.74. The SMILES string of the molecule is C=C/C=C(\C=C/C)n1c2ccccc2c2c(/C=C\C)c(C)ccc21. The molecule has 3 rings (SSSR count). The molecule has 0 amide bonds. The number of allylic oxidation sites excluding steroid dienone is 6. The highest BCUT2D eigenvalue weighted by Gasteiger charge is 2.15. The molecule has 0 bridgehead atoms. The number of hydrogen-bond acceptors (Lipinski definition) is 0. The monoisotopic (exact) mass is 313 g/mol. The summed E-state index contributed by atoms with van der Waals surface area (Å²) < 4.78 is 2.32. The smallest absolute Gasteiger partial charge is 0.0547 e. The molecule has 120 valence electrons. The van der Waals surface area contributed by atoms with E-state index in [9.17, 15) is 0 Å². The van der Waals surface area contributed by atoms with E-state index in [1.165, 1.54) is 32.9 Å². The van der Waals surface area contributed by atoms with Gasteiger partial charge in [-0.05, 0) is 56.2 Å². The van der Waals surface area contributed by atoms with Gasteiger partial charge in [0.25, 0.3) is 0 Å². The molecule has 0 aliphatic rings. The average Bonchev–Trinajstić information content (AvgIpc) is 2.92. The van der Waals surface area contributed by atoms with Crippen LogP contribution in [0.4, 0.5) is 0 Å². The van der Waals surface area contributed by atoms with Crippen LogP contribution in [0.3, 0.4) is 0 Å². The van der Waals surface area contributed by atoms with Crippen molar-refractivity contribution in [3.8, 4) is 0 Å². The van der Waals surface area contributed by atoms with Crippen LogP contribution < -0.4 is 0 Å². The van der Waals surface area contributed by atoms with Crippen LogP contribution >= 0.6 is 0 Å². The average molecular weight is 313 g/mol. The molecule has 0 aliphatic heterocycles. The van der Waals surface area contributed by atoms with E-state index >= 15 is 0 Å². The fraction of sp³-hybridized carbons (Fsp3) is 0.130. The molecule has 2 aromatic carbocycles. The first-order valence-electron chi connectivity index (χ1n) is 8.34. The molecule has 1 aromatic heterocycles. The topological polar surface area (TPSA) is 4.93 Å². The van der Waals surface area contributed by atoms with E-state index in [0.717, 1.165) is 5.70 Å². The van der Waals surface area contributed by atoms with E-state index in [0.29, 0.717) is 0 Å². The molecule has 0 aliphatic carbocycles. The molecule has 0 unspecified atom stereocenters. The number of nitrogens with zero attached hydrogens (tertiary/aromatic N) is 1. The highest BCUT2D eigenvalue weighted by molar-refractivity contribution is 6.14. The van der Waals surface area contributed by atoms with Crippen LogP contribution in [0.2, 0.25) is 0 Å². The Morgan fingerprint density at radius 3 is 2.50 bits per heavy atom. The lowest BCUT2D eigenvalue weighted by Crippen LogP contribution is -1.94. The number of fused-ring (bicyclic) bond motifs is 3. The lowest BCUT2D eigenvalue weighted by molar-refractivity contribution is 1.23. The van der Waals surface area contributed by atoms with Gasteiger partial charge in [-0.25, -0.2) is 0 Å². The van der Waals surface area contributed by atoms with Crippen LogP contribution in [-0.4, -0.2) is 4.57 Å². The third-order valence-corrected chi connectivity index (χ3v) is 4.31. The van der Waals surface area contributed by atoms with Gasteiger partial charge in [-0.15, -0.1) is 0 Å². The Hall–Kier alpha value is -2.80. The largest absolute Gasteiger partial charge is 0.309 e. The molecule has 0 N–H and O–H groups in total. The van der Waals surface area contributed by atoms with Gasteiger partial charge in [-0.1, -0.05) is 55.1 Å². The minimum atomic E-state index is 1.12. The van der Waals surface area contributed by atoms with Crippen molar-refractivity contribution in [1.29, 1.82) is 0 Å². The fourth-order valence-electron chi connectivity index (χ4n) is 3.35. The third-order valence-electron chi connectivity index (χ3n) is 4.31. The first-order chi connectivity index (χ1) is 11.7. The Balaban J connectivity index is 2.56. The second kappa shape index (κ2) is 6.76. The van der Waals surface area contributed by atoms with Crippen molar-refractivity contribution in [2.45, 2.75) is 20.8 Å². The van der Waals surface area contributed by atoms with Gasteiger partial charge in [-0.2, -0.15) is 0 Å². The number of para-hydroxylation sites is 1. The van der Waals surface area contributed by atoms with E-state index in [2.05, 4.69) is 91.8 Å². The normalized spacial score (nSPS) is 12.9. The van der Waals surface area contributed by atoms with Crippen molar-refractivity contribution < 1.29 is 0 Å². The van der Waals surface area contributed by atoms with Crippen molar-refractivity contribution in [3.63, 3.8) is 0 Å². The number of aromatic nitrogens is 1. The van der Waals surface area contributed by atoms with Crippen LogP contribution in [0.5, 0.6) is 0 Å². The van der Waals surface area contributed by atoms with E-state index in [1.54, 1.807) is 0 Å².